The second-order valence-corrected chi connectivity index (χ2v) is 3.26. The summed E-state index contributed by atoms with van der Waals surface area (Å²) in [4.78, 5) is 11.5. The van der Waals surface area contributed by atoms with Crippen LogP contribution in [0.3, 0.4) is 0 Å². The molecular formula is C11H14FNO3. The van der Waals surface area contributed by atoms with E-state index in [-0.39, 0.29) is 11.3 Å². The fourth-order valence-electron chi connectivity index (χ4n) is 1.20. The molecule has 5 heteroatoms. The maximum atomic E-state index is 12.8. The van der Waals surface area contributed by atoms with E-state index in [1.807, 2.05) is 0 Å². The van der Waals surface area contributed by atoms with Gasteiger partial charge in [0, 0.05) is 20.3 Å². The largest absolute Gasteiger partial charge is 0.507 e. The van der Waals surface area contributed by atoms with Crippen LogP contribution in [0.25, 0.3) is 0 Å². The lowest BCUT2D eigenvalue weighted by Crippen LogP contribution is -2.25. The first-order chi connectivity index (χ1) is 7.65. The summed E-state index contributed by atoms with van der Waals surface area (Å²) in [6.07, 6.45) is 0.665. The highest BCUT2D eigenvalue weighted by atomic mass is 19.1. The number of hydrogen-bond donors (Lipinski definition) is 2. The molecule has 1 rings (SSSR count). The van der Waals surface area contributed by atoms with Crippen molar-refractivity contribution < 1.29 is 19.0 Å². The summed E-state index contributed by atoms with van der Waals surface area (Å²) in [6.45, 7) is 0.956. The monoisotopic (exact) mass is 227 g/mol. The van der Waals surface area contributed by atoms with Crippen LogP contribution < -0.4 is 5.32 Å². The molecule has 0 spiro atoms. The molecule has 0 bridgehead atoms. The number of carbonyl (C=O) groups is 1. The number of carbonyl (C=O) groups excluding carboxylic acids is 1. The van der Waals surface area contributed by atoms with Crippen LogP contribution in [0.2, 0.25) is 0 Å². The highest BCUT2D eigenvalue weighted by molar-refractivity contribution is 5.96. The van der Waals surface area contributed by atoms with E-state index in [1.165, 1.54) is 0 Å². The Balaban J connectivity index is 2.55. The van der Waals surface area contributed by atoms with Gasteiger partial charge in [0.05, 0.1) is 5.56 Å². The highest BCUT2D eigenvalue weighted by Crippen LogP contribution is 2.17. The lowest BCUT2D eigenvalue weighted by Gasteiger charge is -2.06. The SMILES string of the molecule is COCCCNC(=O)c1cc(F)ccc1O. The molecule has 0 saturated carbocycles. The van der Waals surface area contributed by atoms with Gasteiger partial charge < -0.3 is 15.2 Å². The van der Waals surface area contributed by atoms with Crippen molar-refractivity contribution in [2.75, 3.05) is 20.3 Å². The first kappa shape index (κ1) is 12.4. The number of rotatable bonds is 5. The van der Waals surface area contributed by atoms with E-state index in [0.717, 1.165) is 18.2 Å². The number of amides is 1. The van der Waals surface area contributed by atoms with Crippen molar-refractivity contribution in [3.63, 3.8) is 0 Å². The Morgan fingerprint density at radius 1 is 1.56 bits per heavy atom. The van der Waals surface area contributed by atoms with Gasteiger partial charge in [-0.2, -0.15) is 0 Å². The highest BCUT2D eigenvalue weighted by Gasteiger charge is 2.11. The molecule has 1 aromatic carbocycles. The third-order valence-corrected chi connectivity index (χ3v) is 2.01. The molecule has 1 amide bonds. The maximum absolute atomic E-state index is 12.8. The van der Waals surface area contributed by atoms with E-state index >= 15 is 0 Å². The molecule has 0 aromatic heterocycles. The van der Waals surface area contributed by atoms with Crippen molar-refractivity contribution >= 4 is 5.91 Å². The van der Waals surface area contributed by atoms with E-state index < -0.39 is 11.7 Å². The number of hydrogen-bond acceptors (Lipinski definition) is 3. The summed E-state index contributed by atoms with van der Waals surface area (Å²) in [5, 5.41) is 11.9. The second-order valence-electron chi connectivity index (χ2n) is 3.26. The number of methoxy groups -OCH3 is 1. The van der Waals surface area contributed by atoms with Crippen LogP contribution in [0.1, 0.15) is 16.8 Å². The van der Waals surface area contributed by atoms with E-state index in [1.54, 1.807) is 7.11 Å². The minimum absolute atomic E-state index is 0.0579. The summed E-state index contributed by atoms with van der Waals surface area (Å²) in [6, 6.07) is 3.25. The summed E-state index contributed by atoms with van der Waals surface area (Å²) < 4.78 is 17.7. The molecule has 0 saturated heterocycles. The number of halogens is 1. The minimum Gasteiger partial charge on any atom is -0.507 e. The number of ether oxygens (including phenoxy) is 1. The van der Waals surface area contributed by atoms with Crippen molar-refractivity contribution in [1.82, 2.24) is 5.32 Å². The van der Waals surface area contributed by atoms with Gasteiger partial charge in [-0.05, 0) is 24.6 Å². The van der Waals surface area contributed by atoms with Gasteiger partial charge in [-0.15, -0.1) is 0 Å². The predicted molar refractivity (Wildman–Crippen MR) is 56.9 cm³/mol. The maximum Gasteiger partial charge on any atom is 0.255 e. The Hall–Kier alpha value is -1.62. The summed E-state index contributed by atoms with van der Waals surface area (Å²) in [7, 11) is 1.57. The molecule has 0 aliphatic rings. The third-order valence-electron chi connectivity index (χ3n) is 2.01. The molecule has 0 atom stereocenters. The average molecular weight is 227 g/mol. The normalized spacial score (nSPS) is 10.1. The Morgan fingerprint density at radius 2 is 2.31 bits per heavy atom. The molecule has 16 heavy (non-hydrogen) atoms. The number of nitrogens with one attached hydrogen (secondary N) is 1. The van der Waals surface area contributed by atoms with Gasteiger partial charge in [0.25, 0.3) is 5.91 Å². The van der Waals surface area contributed by atoms with Crippen LogP contribution in [0.5, 0.6) is 5.75 Å². The Morgan fingerprint density at radius 3 is 3.00 bits per heavy atom. The number of phenolic OH excluding ortho intramolecular Hbond substituents is 1. The Bertz CT molecular complexity index is 368. The zero-order valence-electron chi connectivity index (χ0n) is 9.00. The smallest absolute Gasteiger partial charge is 0.255 e. The summed E-state index contributed by atoms with van der Waals surface area (Å²) >= 11 is 0. The first-order valence-electron chi connectivity index (χ1n) is 4.91. The first-order valence-corrected chi connectivity index (χ1v) is 4.91. The average Bonchev–Trinajstić information content (AvgIpc) is 2.27. The van der Waals surface area contributed by atoms with Crippen molar-refractivity contribution in [2.45, 2.75) is 6.42 Å². The van der Waals surface area contributed by atoms with Crippen LogP contribution in [-0.4, -0.2) is 31.3 Å². The topological polar surface area (TPSA) is 58.6 Å². The lowest BCUT2D eigenvalue weighted by molar-refractivity contribution is 0.0945. The summed E-state index contributed by atoms with van der Waals surface area (Å²) in [5.74, 6) is -1.28. The Kier molecular flexibility index (Phi) is 4.72. The van der Waals surface area contributed by atoms with Crippen LogP contribution in [-0.2, 0) is 4.74 Å². The van der Waals surface area contributed by atoms with Gasteiger partial charge in [-0.3, -0.25) is 4.79 Å². The van der Waals surface area contributed by atoms with Crippen LogP contribution in [0, 0.1) is 5.82 Å². The molecule has 0 aliphatic carbocycles. The molecule has 0 aliphatic heterocycles. The zero-order chi connectivity index (χ0) is 12.0. The number of phenols is 1. The van der Waals surface area contributed by atoms with Gasteiger partial charge in [0.15, 0.2) is 0 Å². The lowest BCUT2D eigenvalue weighted by atomic mass is 10.2. The van der Waals surface area contributed by atoms with Crippen molar-refractivity contribution in [1.29, 1.82) is 0 Å². The number of aromatic hydroxyl groups is 1. The molecule has 0 unspecified atom stereocenters. The number of benzene rings is 1. The van der Waals surface area contributed by atoms with E-state index in [9.17, 15) is 14.3 Å². The fourth-order valence-corrected chi connectivity index (χ4v) is 1.20. The standard InChI is InChI=1S/C11H14FNO3/c1-16-6-2-5-13-11(15)9-7-8(12)3-4-10(9)14/h3-4,7,14H,2,5-6H2,1H3,(H,13,15). The molecule has 4 nitrogen and oxygen atoms in total. The van der Waals surface area contributed by atoms with E-state index in [2.05, 4.69) is 5.32 Å². The molecule has 1 aromatic rings. The minimum atomic E-state index is -0.556. The molecule has 0 fully saturated rings. The summed E-state index contributed by atoms with van der Waals surface area (Å²) in [5.41, 5.74) is -0.0579. The van der Waals surface area contributed by atoms with E-state index in [4.69, 9.17) is 4.74 Å². The van der Waals surface area contributed by atoms with Gasteiger partial charge in [0.2, 0.25) is 0 Å². The van der Waals surface area contributed by atoms with E-state index in [0.29, 0.717) is 19.6 Å². The predicted octanol–water partition coefficient (Wildman–Crippen LogP) is 1.30. The fraction of sp³-hybridized carbons (Fsp3) is 0.364. The van der Waals surface area contributed by atoms with Crippen LogP contribution >= 0.6 is 0 Å². The Labute approximate surface area is 93.0 Å². The quantitative estimate of drug-likeness (QED) is 0.745. The third kappa shape index (κ3) is 3.51. The molecular weight excluding hydrogens is 213 g/mol. The van der Waals surface area contributed by atoms with Crippen LogP contribution in [0.15, 0.2) is 18.2 Å². The zero-order valence-corrected chi connectivity index (χ0v) is 9.00. The van der Waals surface area contributed by atoms with Gasteiger partial charge in [-0.25, -0.2) is 4.39 Å². The van der Waals surface area contributed by atoms with Gasteiger partial charge in [-0.1, -0.05) is 0 Å². The van der Waals surface area contributed by atoms with Crippen molar-refractivity contribution in [2.24, 2.45) is 0 Å². The molecule has 0 radical (unpaired) electrons. The molecule has 0 heterocycles. The van der Waals surface area contributed by atoms with Gasteiger partial charge >= 0.3 is 0 Å². The van der Waals surface area contributed by atoms with Gasteiger partial charge in [0.1, 0.15) is 11.6 Å². The molecule has 2 N–H and O–H groups in total. The van der Waals surface area contributed by atoms with Crippen molar-refractivity contribution in [3.05, 3.63) is 29.6 Å². The van der Waals surface area contributed by atoms with Crippen LogP contribution in [0.4, 0.5) is 4.39 Å². The molecule has 88 valence electrons. The second kappa shape index (κ2) is 6.07. The van der Waals surface area contributed by atoms with Crippen molar-refractivity contribution in [3.8, 4) is 5.75 Å².